The van der Waals surface area contributed by atoms with Gasteiger partial charge in [-0.1, -0.05) is 0 Å². The number of nitrogens with one attached hydrogen (secondary N) is 2. The highest BCUT2D eigenvalue weighted by Gasteiger charge is 2.04. The Balaban J connectivity index is 2.27. The molecule has 0 fully saturated rings. The van der Waals surface area contributed by atoms with Crippen molar-refractivity contribution in [2.45, 2.75) is 13.8 Å². The first kappa shape index (κ1) is 11.4. The molecule has 2 heterocycles. The Labute approximate surface area is 103 Å². The Morgan fingerprint density at radius 3 is 2.71 bits per heavy atom. The largest absolute Gasteiger partial charge is 0.332 e. The Kier molecular flexibility index (Phi) is 3.21. The number of hydrogen-bond acceptors (Lipinski definition) is 6. The van der Waals surface area contributed by atoms with Crippen molar-refractivity contribution in [3.8, 4) is 6.19 Å². The summed E-state index contributed by atoms with van der Waals surface area (Å²) in [5.41, 5.74) is 1.17. The summed E-state index contributed by atoms with van der Waals surface area (Å²) in [6.45, 7) is 3.82. The van der Waals surface area contributed by atoms with Gasteiger partial charge in [-0.3, -0.25) is 5.32 Å². The summed E-state index contributed by atoms with van der Waals surface area (Å²) in [6, 6.07) is 3.74. The van der Waals surface area contributed by atoms with Gasteiger partial charge < -0.3 is 5.32 Å². The van der Waals surface area contributed by atoms with Gasteiger partial charge in [-0.2, -0.15) is 5.26 Å². The number of rotatable bonds is 3. The molecule has 2 aromatic heterocycles. The molecule has 0 spiro atoms. The van der Waals surface area contributed by atoms with E-state index in [1.807, 2.05) is 24.6 Å². The number of nitriles is 1. The minimum absolute atomic E-state index is 0.497. The summed E-state index contributed by atoms with van der Waals surface area (Å²) in [4.78, 5) is 8.36. The maximum absolute atomic E-state index is 8.56. The summed E-state index contributed by atoms with van der Waals surface area (Å²) in [5, 5.41) is 17.3. The van der Waals surface area contributed by atoms with Crippen LogP contribution in [0.4, 0.5) is 16.6 Å². The van der Waals surface area contributed by atoms with Crippen LogP contribution in [0.2, 0.25) is 0 Å². The predicted octanol–water partition coefficient (Wildman–Crippen LogP) is 2.79. The van der Waals surface area contributed by atoms with E-state index in [4.69, 9.17) is 5.26 Å². The summed E-state index contributed by atoms with van der Waals surface area (Å²) in [5.74, 6) is 1.79. The lowest BCUT2D eigenvalue weighted by Crippen LogP contribution is -2.00. The van der Waals surface area contributed by atoms with Gasteiger partial charge in [0.15, 0.2) is 6.19 Å². The predicted molar refractivity (Wildman–Crippen MR) is 68.3 cm³/mol. The van der Waals surface area contributed by atoms with Gasteiger partial charge in [0.25, 0.3) is 0 Å². The third kappa shape index (κ3) is 2.71. The second kappa shape index (κ2) is 4.80. The minimum atomic E-state index is 0.497. The zero-order chi connectivity index (χ0) is 12.3. The van der Waals surface area contributed by atoms with E-state index in [1.54, 1.807) is 24.3 Å². The van der Waals surface area contributed by atoms with Crippen molar-refractivity contribution in [2.24, 2.45) is 0 Å². The topological polar surface area (TPSA) is 73.6 Å². The second-order valence-electron chi connectivity index (χ2n) is 3.48. The van der Waals surface area contributed by atoms with Gasteiger partial charge in [-0.05, 0) is 30.9 Å². The van der Waals surface area contributed by atoms with Crippen LogP contribution in [0.1, 0.15) is 11.4 Å². The van der Waals surface area contributed by atoms with Gasteiger partial charge in [0.2, 0.25) is 0 Å². The van der Waals surface area contributed by atoms with E-state index in [2.05, 4.69) is 20.6 Å². The monoisotopic (exact) mass is 245 g/mol. The number of aryl methyl sites for hydroxylation is 2. The lowest BCUT2D eigenvalue weighted by Gasteiger charge is -2.06. The highest BCUT2D eigenvalue weighted by Crippen LogP contribution is 2.26. The lowest BCUT2D eigenvalue weighted by atomic mass is 10.3. The average Bonchev–Trinajstić information content (AvgIpc) is 2.64. The van der Waals surface area contributed by atoms with Crippen LogP contribution in [0.5, 0.6) is 0 Å². The van der Waals surface area contributed by atoms with Crippen LogP contribution in [0.25, 0.3) is 0 Å². The van der Waals surface area contributed by atoms with E-state index in [0.29, 0.717) is 17.5 Å². The van der Waals surface area contributed by atoms with E-state index in [9.17, 15) is 0 Å². The quantitative estimate of drug-likeness (QED) is 0.642. The first-order chi connectivity index (χ1) is 8.19. The molecule has 0 unspecified atom stereocenters. The molecule has 0 saturated carbocycles. The van der Waals surface area contributed by atoms with Gasteiger partial charge in [0.05, 0.1) is 5.00 Å². The third-order valence-corrected chi connectivity index (χ3v) is 3.06. The molecule has 17 heavy (non-hydrogen) atoms. The zero-order valence-corrected chi connectivity index (χ0v) is 10.3. The van der Waals surface area contributed by atoms with Crippen LogP contribution in [0.3, 0.4) is 0 Å². The Hall–Kier alpha value is -2.13. The summed E-state index contributed by atoms with van der Waals surface area (Å²) < 4.78 is 0. The molecule has 0 amide bonds. The molecule has 0 aliphatic rings. The van der Waals surface area contributed by atoms with Gasteiger partial charge in [0, 0.05) is 6.07 Å². The number of thiophene rings is 1. The van der Waals surface area contributed by atoms with Crippen LogP contribution < -0.4 is 10.6 Å². The van der Waals surface area contributed by atoms with Gasteiger partial charge >= 0.3 is 0 Å². The van der Waals surface area contributed by atoms with E-state index < -0.39 is 0 Å². The Morgan fingerprint density at radius 2 is 2.06 bits per heavy atom. The minimum Gasteiger partial charge on any atom is -0.332 e. The molecular weight excluding hydrogens is 234 g/mol. The van der Waals surface area contributed by atoms with E-state index >= 15 is 0 Å². The van der Waals surface area contributed by atoms with E-state index in [-0.39, 0.29) is 0 Å². The van der Waals surface area contributed by atoms with Gasteiger partial charge in [-0.15, -0.1) is 11.3 Å². The number of anilines is 3. The fourth-order valence-electron chi connectivity index (χ4n) is 1.37. The molecule has 0 aromatic carbocycles. The van der Waals surface area contributed by atoms with Crippen LogP contribution >= 0.6 is 11.3 Å². The third-order valence-electron chi connectivity index (χ3n) is 2.13. The molecule has 0 saturated heterocycles. The SMILES string of the molecule is Cc1nc(NC#N)cc(Nc2sccc2C)n1. The maximum Gasteiger partial charge on any atom is 0.182 e. The van der Waals surface area contributed by atoms with Gasteiger partial charge in [-0.25, -0.2) is 9.97 Å². The summed E-state index contributed by atoms with van der Waals surface area (Å²) in [7, 11) is 0. The van der Waals surface area contributed by atoms with Crippen molar-refractivity contribution in [3.63, 3.8) is 0 Å². The van der Waals surface area contributed by atoms with Crippen molar-refractivity contribution < 1.29 is 0 Å². The standard InChI is InChI=1S/C11H11N5S/c1-7-3-4-17-11(7)16-10-5-9(13-6-12)14-8(2)15-10/h3-5H,1-2H3,(H2,13,14,15,16). The molecule has 86 valence electrons. The molecule has 0 atom stereocenters. The molecule has 6 heteroatoms. The normalized spacial score (nSPS) is 9.71. The summed E-state index contributed by atoms with van der Waals surface area (Å²) in [6.07, 6.45) is 1.84. The first-order valence-corrected chi connectivity index (χ1v) is 5.89. The number of nitrogens with zero attached hydrogens (tertiary/aromatic N) is 3. The number of hydrogen-bond donors (Lipinski definition) is 2. The van der Waals surface area contributed by atoms with Crippen LogP contribution in [-0.4, -0.2) is 9.97 Å². The molecule has 2 N–H and O–H groups in total. The summed E-state index contributed by atoms with van der Waals surface area (Å²) >= 11 is 1.61. The van der Waals surface area contributed by atoms with E-state index in [0.717, 1.165) is 5.00 Å². The fraction of sp³-hybridized carbons (Fsp3) is 0.182. The molecule has 0 aliphatic heterocycles. The molecule has 2 rings (SSSR count). The average molecular weight is 245 g/mol. The first-order valence-electron chi connectivity index (χ1n) is 5.01. The molecule has 0 radical (unpaired) electrons. The fourth-order valence-corrected chi connectivity index (χ4v) is 2.20. The number of aromatic nitrogens is 2. The highest BCUT2D eigenvalue weighted by molar-refractivity contribution is 7.14. The maximum atomic E-state index is 8.56. The molecule has 0 aliphatic carbocycles. The van der Waals surface area contributed by atoms with Crippen LogP contribution in [-0.2, 0) is 0 Å². The van der Waals surface area contributed by atoms with E-state index in [1.165, 1.54) is 5.56 Å². The van der Waals surface area contributed by atoms with Crippen molar-refractivity contribution in [1.82, 2.24) is 9.97 Å². The molecule has 5 nitrogen and oxygen atoms in total. The van der Waals surface area contributed by atoms with Crippen molar-refractivity contribution in [2.75, 3.05) is 10.6 Å². The Morgan fingerprint density at radius 1 is 1.29 bits per heavy atom. The highest BCUT2D eigenvalue weighted by atomic mass is 32.1. The van der Waals surface area contributed by atoms with Crippen molar-refractivity contribution >= 4 is 28.0 Å². The second-order valence-corrected chi connectivity index (χ2v) is 4.40. The van der Waals surface area contributed by atoms with Crippen molar-refractivity contribution in [3.05, 3.63) is 28.9 Å². The Bertz CT molecular complexity index is 569. The zero-order valence-electron chi connectivity index (χ0n) is 9.48. The van der Waals surface area contributed by atoms with Gasteiger partial charge in [0.1, 0.15) is 17.5 Å². The van der Waals surface area contributed by atoms with Crippen molar-refractivity contribution in [1.29, 1.82) is 5.26 Å². The smallest absolute Gasteiger partial charge is 0.182 e. The molecular formula is C11H11N5S. The van der Waals surface area contributed by atoms with Crippen LogP contribution in [0.15, 0.2) is 17.5 Å². The lowest BCUT2D eigenvalue weighted by molar-refractivity contribution is 1.06. The molecule has 2 aromatic rings. The van der Waals surface area contributed by atoms with Crippen LogP contribution in [0, 0.1) is 25.3 Å². The molecule has 0 bridgehead atoms.